The maximum atomic E-state index is 12.9. The molecule has 0 saturated carbocycles. The Morgan fingerprint density at radius 3 is 2.33 bits per heavy atom. The smallest absolute Gasteiger partial charge is 0.289 e. The summed E-state index contributed by atoms with van der Waals surface area (Å²) in [7, 11) is 0. The van der Waals surface area contributed by atoms with Crippen molar-refractivity contribution in [3.63, 3.8) is 0 Å². The van der Waals surface area contributed by atoms with Crippen LogP contribution in [0.4, 0.5) is 17.6 Å². The molecular weight excluding hydrogens is 212 g/mol. The predicted octanol–water partition coefficient (Wildman–Crippen LogP) is 3.13. The Morgan fingerprint density at radius 1 is 1.20 bits per heavy atom. The molecule has 0 aromatic heterocycles. The average molecular weight is 218 g/mol. The first kappa shape index (κ1) is 11.4. The summed E-state index contributed by atoms with van der Waals surface area (Å²) in [4.78, 5) is 11.1. The lowest BCUT2D eigenvalue weighted by molar-refractivity contribution is -0.0799. The quantitative estimate of drug-likeness (QED) is 0.423. The van der Waals surface area contributed by atoms with Gasteiger partial charge in [0.05, 0.1) is 5.56 Å². The Labute approximate surface area is 83.0 Å². The molecule has 0 heterocycles. The number of carbonyl (C=O) groups is 1. The molecule has 1 nitrogen and oxygen atoms in total. The van der Waals surface area contributed by atoms with Crippen molar-refractivity contribution in [1.82, 2.24) is 0 Å². The predicted molar refractivity (Wildman–Crippen MR) is 45.9 cm³/mol. The van der Waals surface area contributed by atoms with Crippen LogP contribution in [-0.2, 0) is 0 Å². The Balaban J connectivity index is 2.88. The van der Waals surface area contributed by atoms with Gasteiger partial charge in [-0.2, -0.15) is 13.2 Å². The number of hydrogen-bond donors (Lipinski definition) is 0. The highest BCUT2D eigenvalue weighted by atomic mass is 19.4. The highest BCUT2D eigenvalue weighted by Crippen LogP contribution is 2.17. The van der Waals surface area contributed by atoms with Gasteiger partial charge in [0.1, 0.15) is 5.82 Å². The van der Waals surface area contributed by atoms with E-state index in [1.165, 1.54) is 12.1 Å². The summed E-state index contributed by atoms with van der Waals surface area (Å²) in [5.41, 5.74) is -0.377. The van der Waals surface area contributed by atoms with Gasteiger partial charge >= 0.3 is 6.18 Å². The van der Waals surface area contributed by atoms with Crippen LogP contribution < -0.4 is 0 Å². The lowest BCUT2D eigenvalue weighted by Gasteiger charge is -1.99. The fraction of sp³-hybridized carbons (Fsp3) is 0.100. The fourth-order valence-electron chi connectivity index (χ4n) is 0.921. The van der Waals surface area contributed by atoms with Crippen LogP contribution in [0.3, 0.4) is 0 Å². The minimum Gasteiger partial charge on any atom is -0.289 e. The third-order valence-corrected chi connectivity index (χ3v) is 1.56. The molecule has 15 heavy (non-hydrogen) atoms. The minimum atomic E-state index is -4.57. The molecule has 1 rings (SSSR count). The molecule has 0 bridgehead atoms. The third-order valence-electron chi connectivity index (χ3n) is 1.56. The summed E-state index contributed by atoms with van der Waals surface area (Å²) in [6.45, 7) is 0. The molecule has 0 saturated heterocycles. The van der Waals surface area contributed by atoms with E-state index in [0.29, 0.717) is 6.08 Å². The van der Waals surface area contributed by atoms with Gasteiger partial charge in [-0.05, 0) is 18.2 Å². The molecule has 0 unspecified atom stereocenters. The standard InChI is InChI=1S/C10H6F4O/c11-8-4-2-1-3-7(8)9(15)5-6-10(12,13)14/h1-6H/b6-5+. The number of rotatable bonds is 2. The summed E-state index contributed by atoms with van der Waals surface area (Å²) >= 11 is 0. The molecule has 0 aliphatic carbocycles. The van der Waals surface area contributed by atoms with Gasteiger partial charge in [-0.1, -0.05) is 12.1 Å². The molecule has 0 N–H and O–H groups in total. The van der Waals surface area contributed by atoms with E-state index in [4.69, 9.17) is 0 Å². The van der Waals surface area contributed by atoms with Crippen LogP contribution >= 0.6 is 0 Å². The van der Waals surface area contributed by atoms with Crippen LogP contribution in [0.25, 0.3) is 0 Å². The van der Waals surface area contributed by atoms with Crippen molar-refractivity contribution in [3.8, 4) is 0 Å². The summed E-state index contributed by atoms with van der Waals surface area (Å²) in [5, 5.41) is 0. The van der Waals surface area contributed by atoms with E-state index in [2.05, 4.69) is 0 Å². The van der Waals surface area contributed by atoms with Crippen LogP contribution in [0.15, 0.2) is 36.4 Å². The third kappa shape index (κ3) is 3.53. The molecule has 0 atom stereocenters. The van der Waals surface area contributed by atoms with Crippen molar-refractivity contribution >= 4 is 5.78 Å². The molecule has 80 valence electrons. The van der Waals surface area contributed by atoms with Crippen LogP contribution in [0.2, 0.25) is 0 Å². The molecule has 0 aliphatic heterocycles. The maximum Gasteiger partial charge on any atom is 0.409 e. The SMILES string of the molecule is O=C(/C=C/C(F)(F)F)c1ccccc1F. The summed E-state index contributed by atoms with van der Waals surface area (Å²) < 4.78 is 48.0. The minimum absolute atomic E-state index is 0.220. The number of carbonyl (C=O) groups excluding carboxylic acids is 1. The van der Waals surface area contributed by atoms with Crippen molar-refractivity contribution in [2.75, 3.05) is 0 Å². The summed E-state index contributed by atoms with van der Waals surface area (Å²) in [6, 6.07) is 4.85. The van der Waals surface area contributed by atoms with E-state index in [-0.39, 0.29) is 11.6 Å². The first-order valence-electron chi connectivity index (χ1n) is 3.95. The van der Waals surface area contributed by atoms with E-state index < -0.39 is 17.8 Å². The Bertz CT molecular complexity index is 393. The Morgan fingerprint density at radius 2 is 1.80 bits per heavy atom. The van der Waals surface area contributed by atoms with E-state index in [9.17, 15) is 22.4 Å². The number of halogens is 4. The zero-order valence-electron chi connectivity index (χ0n) is 7.38. The van der Waals surface area contributed by atoms with E-state index in [0.717, 1.165) is 12.1 Å². The van der Waals surface area contributed by atoms with Gasteiger partial charge in [-0.25, -0.2) is 4.39 Å². The molecule has 0 spiro atoms. The van der Waals surface area contributed by atoms with Gasteiger partial charge in [-0.3, -0.25) is 4.79 Å². The van der Waals surface area contributed by atoms with Gasteiger partial charge in [0.25, 0.3) is 0 Å². The molecule has 0 radical (unpaired) electrons. The van der Waals surface area contributed by atoms with Gasteiger partial charge in [0, 0.05) is 6.08 Å². The Hall–Kier alpha value is -1.65. The van der Waals surface area contributed by atoms with Crippen molar-refractivity contribution < 1.29 is 22.4 Å². The molecule has 1 aromatic carbocycles. The number of benzene rings is 1. The van der Waals surface area contributed by atoms with Crippen LogP contribution in [0.5, 0.6) is 0 Å². The lowest BCUT2D eigenvalue weighted by Crippen LogP contribution is -2.04. The summed E-state index contributed by atoms with van der Waals surface area (Å²) in [5.74, 6) is -1.85. The monoisotopic (exact) mass is 218 g/mol. The van der Waals surface area contributed by atoms with E-state index in [1.807, 2.05) is 0 Å². The zero-order chi connectivity index (χ0) is 11.5. The molecule has 0 amide bonds. The van der Waals surface area contributed by atoms with Gasteiger partial charge in [0.15, 0.2) is 5.78 Å². The first-order valence-corrected chi connectivity index (χ1v) is 3.95. The molecule has 0 fully saturated rings. The van der Waals surface area contributed by atoms with E-state index >= 15 is 0 Å². The maximum absolute atomic E-state index is 12.9. The van der Waals surface area contributed by atoms with Crippen molar-refractivity contribution in [2.45, 2.75) is 6.18 Å². The second kappa shape index (κ2) is 4.25. The largest absolute Gasteiger partial charge is 0.409 e. The number of ketones is 1. The van der Waals surface area contributed by atoms with Crippen LogP contribution in [-0.4, -0.2) is 12.0 Å². The number of allylic oxidation sites excluding steroid dienone is 2. The van der Waals surface area contributed by atoms with Crippen LogP contribution in [0, 0.1) is 5.82 Å². The second-order valence-corrected chi connectivity index (χ2v) is 2.72. The van der Waals surface area contributed by atoms with E-state index in [1.54, 1.807) is 0 Å². The van der Waals surface area contributed by atoms with Crippen molar-refractivity contribution in [3.05, 3.63) is 47.8 Å². The van der Waals surface area contributed by atoms with Gasteiger partial charge < -0.3 is 0 Å². The normalized spacial score (nSPS) is 12.0. The first-order chi connectivity index (χ1) is 6.90. The lowest BCUT2D eigenvalue weighted by atomic mass is 10.1. The molecule has 0 aliphatic rings. The topological polar surface area (TPSA) is 17.1 Å². The molecule has 5 heteroatoms. The average Bonchev–Trinajstić information content (AvgIpc) is 2.14. The van der Waals surface area contributed by atoms with Crippen molar-refractivity contribution in [1.29, 1.82) is 0 Å². The fourth-order valence-corrected chi connectivity index (χ4v) is 0.921. The molecule has 1 aromatic rings. The van der Waals surface area contributed by atoms with Gasteiger partial charge in [-0.15, -0.1) is 0 Å². The Kier molecular flexibility index (Phi) is 3.24. The zero-order valence-corrected chi connectivity index (χ0v) is 7.38. The molecular formula is C10H6F4O. The number of hydrogen-bond acceptors (Lipinski definition) is 1. The highest BCUT2D eigenvalue weighted by Gasteiger charge is 2.23. The number of alkyl halides is 3. The van der Waals surface area contributed by atoms with Crippen LogP contribution in [0.1, 0.15) is 10.4 Å². The summed E-state index contributed by atoms with van der Waals surface area (Å²) in [6.07, 6.45) is -4.49. The van der Waals surface area contributed by atoms with Crippen molar-refractivity contribution in [2.24, 2.45) is 0 Å². The second-order valence-electron chi connectivity index (χ2n) is 2.72. The van der Waals surface area contributed by atoms with Gasteiger partial charge in [0.2, 0.25) is 0 Å². The highest BCUT2D eigenvalue weighted by molar-refractivity contribution is 6.04.